The summed E-state index contributed by atoms with van der Waals surface area (Å²) in [6.07, 6.45) is 21.0. The predicted molar refractivity (Wildman–Crippen MR) is 110 cm³/mol. The average molecular weight is 372 g/mol. The van der Waals surface area contributed by atoms with E-state index in [0.29, 0.717) is 13.2 Å². The summed E-state index contributed by atoms with van der Waals surface area (Å²) in [6.45, 7) is 4.75. The van der Waals surface area contributed by atoms with E-state index in [9.17, 15) is 9.90 Å². The maximum atomic E-state index is 11.5. The van der Waals surface area contributed by atoms with E-state index in [1.807, 2.05) is 0 Å². The van der Waals surface area contributed by atoms with Gasteiger partial charge < -0.3 is 9.84 Å². The first-order valence-corrected chi connectivity index (χ1v) is 11.3. The van der Waals surface area contributed by atoms with Crippen molar-refractivity contribution in [2.75, 3.05) is 19.9 Å². The van der Waals surface area contributed by atoms with Gasteiger partial charge >= 0.3 is 6.09 Å². The van der Waals surface area contributed by atoms with Gasteiger partial charge in [-0.1, -0.05) is 103 Å². The molecule has 0 heterocycles. The van der Waals surface area contributed by atoms with E-state index in [4.69, 9.17) is 4.74 Å². The molecule has 4 heteroatoms. The minimum Gasteiger partial charge on any atom is -0.450 e. The molecule has 0 saturated carbocycles. The fourth-order valence-corrected chi connectivity index (χ4v) is 3.29. The van der Waals surface area contributed by atoms with Crippen molar-refractivity contribution in [3.63, 3.8) is 0 Å². The second kappa shape index (κ2) is 20.5. The SMILES string of the molecule is CCCCCCCCCCCCCCCCCCN(CO)C(=O)OCC. The van der Waals surface area contributed by atoms with Crippen LogP contribution in [0.25, 0.3) is 0 Å². The number of amides is 1. The summed E-state index contributed by atoms with van der Waals surface area (Å²) in [4.78, 5) is 12.9. The minimum absolute atomic E-state index is 0.252. The van der Waals surface area contributed by atoms with E-state index in [-0.39, 0.29) is 6.73 Å². The number of carbonyl (C=O) groups is 1. The van der Waals surface area contributed by atoms with Gasteiger partial charge in [-0.15, -0.1) is 0 Å². The molecular weight excluding hydrogens is 326 g/mol. The van der Waals surface area contributed by atoms with Crippen LogP contribution in [0, 0.1) is 0 Å². The van der Waals surface area contributed by atoms with Gasteiger partial charge in [0.1, 0.15) is 6.73 Å². The molecule has 1 N–H and O–H groups in total. The zero-order valence-corrected chi connectivity index (χ0v) is 17.6. The standard InChI is InChI=1S/C22H45NO3/c1-3-5-6-7-8-9-10-11-12-13-14-15-16-17-18-19-20-23(21-24)22(25)26-4-2/h24H,3-21H2,1-2H3. The highest BCUT2D eigenvalue weighted by atomic mass is 16.6. The zero-order valence-electron chi connectivity index (χ0n) is 17.6. The maximum absolute atomic E-state index is 11.5. The van der Waals surface area contributed by atoms with E-state index >= 15 is 0 Å². The molecule has 0 aliphatic carbocycles. The first-order chi connectivity index (χ1) is 12.8. The number of nitrogens with zero attached hydrogens (tertiary/aromatic N) is 1. The molecule has 0 saturated heterocycles. The van der Waals surface area contributed by atoms with Crippen molar-refractivity contribution < 1.29 is 14.6 Å². The van der Waals surface area contributed by atoms with E-state index < -0.39 is 6.09 Å². The highest BCUT2D eigenvalue weighted by Crippen LogP contribution is 2.13. The Morgan fingerprint density at radius 1 is 0.692 bits per heavy atom. The van der Waals surface area contributed by atoms with Crippen molar-refractivity contribution >= 4 is 6.09 Å². The van der Waals surface area contributed by atoms with Crippen molar-refractivity contribution in [3.05, 3.63) is 0 Å². The van der Waals surface area contributed by atoms with Crippen LogP contribution in [0.3, 0.4) is 0 Å². The molecular formula is C22H45NO3. The molecule has 0 aromatic carbocycles. The summed E-state index contributed by atoms with van der Waals surface area (Å²) < 4.78 is 4.90. The van der Waals surface area contributed by atoms with Crippen molar-refractivity contribution in [3.8, 4) is 0 Å². The third kappa shape index (κ3) is 16.7. The average Bonchev–Trinajstić information content (AvgIpc) is 2.64. The second-order valence-corrected chi connectivity index (χ2v) is 7.41. The lowest BCUT2D eigenvalue weighted by Crippen LogP contribution is -2.33. The Balaban J connectivity index is 3.23. The van der Waals surface area contributed by atoms with Gasteiger partial charge in [-0.3, -0.25) is 4.90 Å². The van der Waals surface area contributed by atoms with Gasteiger partial charge in [-0.25, -0.2) is 4.79 Å². The van der Waals surface area contributed by atoms with Gasteiger partial charge in [0.25, 0.3) is 0 Å². The zero-order chi connectivity index (χ0) is 19.3. The summed E-state index contributed by atoms with van der Waals surface area (Å²) in [5.41, 5.74) is 0. The van der Waals surface area contributed by atoms with Gasteiger partial charge in [0.05, 0.1) is 6.61 Å². The van der Waals surface area contributed by atoms with E-state index in [0.717, 1.165) is 12.8 Å². The van der Waals surface area contributed by atoms with Crippen LogP contribution in [0.2, 0.25) is 0 Å². The number of aliphatic hydroxyl groups excluding tert-OH is 1. The quantitative estimate of drug-likeness (QED) is 0.204. The summed E-state index contributed by atoms with van der Waals surface area (Å²) in [7, 11) is 0. The molecule has 0 bridgehead atoms. The largest absolute Gasteiger partial charge is 0.450 e. The number of rotatable bonds is 19. The molecule has 0 unspecified atom stereocenters. The Kier molecular flexibility index (Phi) is 19.9. The molecule has 0 rings (SSSR count). The van der Waals surface area contributed by atoms with Gasteiger partial charge in [0.2, 0.25) is 0 Å². The Morgan fingerprint density at radius 3 is 1.42 bits per heavy atom. The fourth-order valence-electron chi connectivity index (χ4n) is 3.29. The number of hydrogen-bond donors (Lipinski definition) is 1. The van der Waals surface area contributed by atoms with Gasteiger partial charge in [-0.05, 0) is 13.3 Å². The molecule has 1 amide bonds. The minimum atomic E-state index is -0.407. The summed E-state index contributed by atoms with van der Waals surface area (Å²) in [6, 6.07) is 0. The molecule has 0 atom stereocenters. The molecule has 156 valence electrons. The van der Waals surface area contributed by atoms with Crippen LogP contribution in [0.4, 0.5) is 4.79 Å². The molecule has 0 aromatic heterocycles. The number of carbonyl (C=O) groups excluding carboxylic acids is 1. The van der Waals surface area contributed by atoms with Crippen LogP contribution >= 0.6 is 0 Å². The van der Waals surface area contributed by atoms with Crippen LogP contribution in [-0.4, -0.2) is 36.0 Å². The van der Waals surface area contributed by atoms with E-state index in [2.05, 4.69) is 6.92 Å². The molecule has 0 aliphatic heterocycles. The van der Waals surface area contributed by atoms with Crippen LogP contribution in [-0.2, 0) is 4.74 Å². The van der Waals surface area contributed by atoms with Crippen LogP contribution in [0.15, 0.2) is 0 Å². The van der Waals surface area contributed by atoms with Gasteiger partial charge in [0, 0.05) is 6.54 Å². The molecule has 0 radical (unpaired) electrons. The third-order valence-electron chi connectivity index (χ3n) is 4.98. The molecule has 0 spiro atoms. The molecule has 0 aromatic rings. The fraction of sp³-hybridized carbons (Fsp3) is 0.955. The smallest absolute Gasteiger partial charge is 0.411 e. The third-order valence-corrected chi connectivity index (χ3v) is 4.98. The highest BCUT2D eigenvalue weighted by Gasteiger charge is 2.11. The van der Waals surface area contributed by atoms with Crippen molar-refractivity contribution in [2.24, 2.45) is 0 Å². The normalized spacial score (nSPS) is 10.9. The summed E-state index contributed by atoms with van der Waals surface area (Å²) in [5.74, 6) is 0. The molecule has 26 heavy (non-hydrogen) atoms. The molecule has 4 nitrogen and oxygen atoms in total. The van der Waals surface area contributed by atoms with Crippen LogP contribution in [0.1, 0.15) is 117 Å². The Labute approximate surface area is 162 Å². The van der Waals surface area contributed by atoms with E-state index in [1.165, 1.54) is 94.8 Å². The number of hydrogen-bond acceptors (Lipinski definition) is 3. The first kappa shape index (κ1) is 25.2. The van der Waals surface area contributed by atoms with Crippen molar-refractivity contribution in [1.29, 1.82) is 0 Å². The van der Waals surface area contributed by atoms with Crippen LogP contribution < -0.4 is 0 Å². The summed E-state index contributed by atoms with van der Waals surface area (Å²) in [5, 5.41) is 9.17. The Hall–Kier alpha value is -0.770. The number of unbranched alkanes of at least 4 members (excludes halogenated alkanes) is 15. The second-order valence-electron chi connectivity index (χ2n) is 7.41. The Morgan fingerprint density at radius 2 is 1.08 bits per heavy atom. The lowest BCUT2D eigenvalue weighted by Gasteiger charge is -2.18. The lowest BCUT2D eigenvalue weighted by molar-refractivity contribution is 0.0642. The van der Waals surface area contributed by atoms with Crippen molar-refractivity contribution in [2.45, 2.75) is 117 Å². The topological polar surface area (TPSA) is 49.8 Å². The lowest BCUT2D eigenvalue weighted by atomic mass is 10.0. The number of aliphatic hydroxyl groups is 1. The molecule has 0 aliphatic rings. The monoisotopic (exact) mass is 371 g/mol. The predicted octanol–water partition coefficient (Wildman–Crippen LogP) is 6.66. The van der Waals surface area contributed by atoms with Gasteiger partial charge in [-0.2, -0.15) is 0 Å². The number of ether oxygens (including phenoxy) is 1. The first-order valence-electron chi connectivity index (χ1n) is 11.3. The van der Waals surface area contributed by atoms with E-state index in [1.54, 1.807) is 6.92 Å². The van der Waals surface area contributed by atoms with Gasteiger partial charge in [0.15, 0.2) is 0 Å². The molecule has 0 fully saturated rings. The summed E-state index contributed by atoms with van der Waals surface area (Å²) >= 11 is 0. The van der Waals surface area contributed by atoms with Crippen molar-refractivity contribution in [1.82, 2.24) is 4.90 Å². The maximum Gasteiger partial charge on any atom is 0.411 e. The van der Waals surface area contributed by atoms with Crippen LogP contribution in [0.5, 0.6) is 0 Å². The Bertz CT molecular complexity index is 297. The highest BCUT2D eigenvalue weighted by molar-refractivity contribution is 5.67.